The Labute approximate surface area is 110 Å². The minimum absolute atomic E-state index is 0.110. The number of nitrogen functional groups attached to an aromatic ring is 1. The molecule has 0 saturated heterocycles. The van der Waals surface area contributed by atoms with Crippen molar-refractivity contribution in [2.45, 2.75) is 19.9 Å². The molecule has 0 radical (unpaired) electrons. The summed E-state index contributed by atoms with van der Waals surface area (Å²) in [6, 6.07) is 4.53. The molecule has 0 aliphatic carbocycles. The van der Waals surface area contributed by atoms with Crippen LogP contribution >= 0.6 is 0 Å². The molecule has 0 saturated carbocycles. The van der Waals surface area contributed by atoms with E-state index >= 15 is 0 Å². The molecule has 19 heavy (non-hydrogen) atoms. The van der Waals surface area contributed by atoms with Gasteiger partial charge in [-0.05, 0) is 42.0 Å². The second-order valence-electron chi connectivity index (χ2n) is 4.01. The fraction of sp³-hybridized carbons (Fsp3) is 0.417. The molecule has 2 aromatic rings. The van der Waals surface area contributed by atoms with Crippen LogP contribution in [0.5, 0.6) is 0 Å². The van der Waals surface area contributed by atoms with Gasteiger partial charge in [-0.3, -0.25) is 0 Å². The second kappa shape index (κ2) is 6.24. The van der Waals surface area contributed by atoms with Gasteiger partial charge in [0.15, 0.2) is 5.82 Å². The number of hydrogen-bond donors (Lipinski definition) is 1. The summed E-state index contributed by atoms with van der Waals surface area (Å²) >= 11 is 0. The van der Waals surface area contributed by atoms with Gasteiger partial charge in [-0.15, -0.1) is 5.10 Å². The van der Waals surface area contributed by atoms with Gasteiger partial charge in [-0.2, -0.15) is 0 Å². The van der Waals surface area contributed by atoms with Crippen molar-refractivity contribution < 1.29 is 9.13 Å². The standard InChI is InChI=1S/C12H16FN5O/c1-2-19-7-3-6-18-12(15-16-17-18)9-4-5-11(14)10(13)8-9/h4-5,8H,2-3,6-7,14H2,1H3. The molecular weight excluding hydrogens is 249 g/mol. The number of halogens is 1. The van der Waals surface area contributed by atoms with Crippen molar-refractivity contribution in [3.63, 3.8) is 0 Å². The highest BCUT2D eigenvalue weighted by Gasteiger charge is 2.10. The predicted octanol–water partition coefficient (Wildman–Crippen LogP) is 1.49. The summed E-state index contributed by atoms with van der Waals surface area (Å²) in [6.45, 7) is 3.89. The minimum Gasteiger partial charge on any atom is -0.396 e. The van der Waals surface area contributed by atoms with Crippen LogP contribution in [-0.2, 0) is 11.3 Å². The number of nitrogens with zero attached hydrogens (tertiary/aromatic N) is 4. The highest BCUT2D eigenvalue weighted by Crippen LogP contribution is 2.20. The Bertz CT molecular complexity index is 543. The van der Waals surface area contributed by atoms with Crippen LogP contribution in [0.4, 0.5) is 10.1 Å². The number of rotatable bonds is 6. The topological polar surface area (TPSA) is 78.8 Å². The molecule has 0 unspecified atom stereocenters. The minimum atomic E-state index is -0.471. The van der Waals surface area contributed by atoms with E-state index in [4.69, 9.17) is 10.5 Å². The fourth-order valence-electron chi connectivity index (χ4n) is 1.69. The van der Waals surface area contributed by atoms with Crippen molar-refractivity contribution in [1.82, 2.24) is 20.2 Å². The van der Waals surface area contributed by atoms with E-state index in [2.05, 4.69) is 15.5 Å². The van der Waals surface area contributed by atoms with E-state index in [1.165, 1.54) is 12.1 Å². The zero-order valence-electron chi connectivity index (χ0n) is 10.7. The molecule has 6 nitrogen and oxygen atoms in total. The number of aromatic nitrogens is 4. The summed E-state index contributed by atoms with van der Waals surface area (Å²) < 4.78 is 20.3. The van der Waals surface area contributed by atoms with Gasteiger partial charge in [0.1, 0.15) is 5.82 Å². The molecule has 0 spiro atoms. The summed E-state index contributed by atoms with van der Waals surface area (Å²) in [5.74, 6) is 0.0526. The molecule has 0 aliphatic rings. The van der Waals surface area contributed by atoms with Gasteiger partial charge in [-0.25, -0.2) is 9.07 Å². The van der Waals surface area contributed by atoms with Crippen molar-refractivity contribution in [3.05, 3.63) is 24.0 Å². The Morgan fingerprint density at radius 1 is 1.42 bits per heavy atom. The summed E-state index contributed by atoms with van der Waals surface area (Å²) in [5.41, 5.74) is 6.16. The molecule has 0 amide bonds. The number of nitrogens with two attached hydrogens (primary N) is 1. The lowest BCUT2D eigenvalue weighted by molar-refractivity contribution is 0.140. The van der Waals surface area contributed by atoms with Gasteiger partial charge in [0.25, 0.3) is 0 Å². The molecule has 0 aliphatic heterocycles. The lowest BCUT2D eigenvalue weighted by Gasteiger charge is -2.05. The molecule has 0 atom stereocenters. The van der Waals surface area contributed by atoms with E-state index in [1.54, 1.807) is 10.7 Å². The molecule has 1 heterocycles. The zero-order chi connectivity index (χ0) is 13.7. The Morgan fingerprint density at radius 2 is 2.26 bits per heavy atom. The summed E-state index contributed by atoms with van der Waals surface area (Å²) in [5, 5.41) is 11.4. The molecular formula is C12H16FN5O. The van der Waals surface area contributed by atoms with Crippen molar-refractivity contribution in [2.75, 3.05) is 18.9 Å². The van der Waals surface area contributed by atoms with E-state index in [1.807, 2.05) is 6.92 Å². The summed E-state index contributed by atoms with van der Waals surface area (Å²) in [7, 11) is 0. The molecule has 0 fully saturated rings. The molecule has 7 heteroatoms. The average Bonchev–Trinajstić information content (AvgIpc) is 2.86. The van der Waals surface area contributed by atoms with Crippen molar-refractivity contribution in [2.24, 2.45) is 0 Å². The van der Waals surface area contributed by atoms with Crippen LogP contribution in [-0.4, -0.2) is 33.4 Å². The Morgan fingerprint density at radius 3 is 3.00 bits per heavy atom. The maximum atomic E-state index is 13.4. The number of hydrogen-bond acceptors (Lipinski definition) is 5. The number of aryl methyl sites for hydroxylation is 1. The van der Waals surface area contributed by atoms with Crippen molar-refractivity contribution in [3.8, 4) is 11.4 Å². The SMILES string of the molecule is CCOCCCn1nnnc1-c1ccc(N)c(F)c1. The van der Waals surface area contributed by atoms with E-state index < -0.39 is 5.82 Å². The van der Waals surface area contributed by atoms with Gasteiger partial charge < -0.3 is 10.5 Å². The lowest BCUT2D eigenvalue weighted by atomic mass is 10.2. The Balaban J connectivity index is 2.12. The Kier molecular flexibility index (Phi) is 4.40. The molecule has 1 aromatic heterocycles. The molecule has 2 N–H and O–H groups in total. The van der Waals surface area contributed by atoms with Crippen LogP contribution in [0.2, 0.25) is 0 Å². The third-order valence-electron chi connectivity index (χ3n) is 2.65. The van der Waals surface area contributed by atoms with Gasteiger partial charge in [0, 0.05) is 25.3 Å². The monoisotopic (exact) mass is 265 g/mol. The van der Waals surface area contributed by atoms with E-state index in [0.29, 0.717) is 31.1 Å². The second-order valence-corrected chi connectivity index (χ2v) is 4.01. The highest BCUT2D eigenvalue weighted by molar-refractivity contribution is 5.58. The number of benzene rings is 1. The first-order valence-electron chi connectivity index (χ1n) is 6.11. The van der Waals surface area contributed by atoms with Crippen LogP contribution in [0.25, 0.3) is 11.4 Å². The van der Waals surface area contributed by atoms with Crippen LogP contribution < -0.4 is 5.73 Å². The van der Waals surface area contributed by atoms with E-state index in [-0.39, 0.29) is 5.69 Å². The maximum Gasteiger partial charge on any atom is 0.182 e. The van der Waals surface area contributed by atoms with E-state index in [9.17, 15) is 4.39 Å². The smallest absolute Gasteiger partial charge is 0.182 e. The van der Waals surface area contributed by atoms with E-state index in [0.717, 1.165) is 6.42 Å². The van der Waals surface area contributed by atoms with Crippen LogP contribution in [0.1, 0.15) is 13.3 Å². The van der Waals surface area contributed by atoms with Crippen LogP contribution in [0.15, 0.2) is 18.2 Å². The van der Waals surface area contributed by atoms with Gasteiger partial charge in [0.05, 0.1) is 5.69 Å². The summed E-state index contributed by atoms with van der Waals surface area (Å²) in [6.07, 6.45) is 0.795. The number of anilines is 1. The Hall–Kier alpha value is -2.02. The quantitative estimate of drug-likeness (QED) is 0.632. The number of tetrazole rings is 1. The average molecular weight is 265 g/mol. The maximum absolute atomic E-state index is 13.4. The normalized spacial score (nSPS) is 10.8. The van der Waals surface area contributed by atoms with Crippen LogP contribution in [0, 0.1) is 5.82 Å². The lowest BCUT2D eigenvalue weighted by Crippen LogP contribution is -2.06. The molecule has 1 aromatic carbocycles. The highest BCUT2D eigenvalue weighted by atomic mass is 19.1. The van der Waals surface area contributed by atoms with Gasteiger partial charge >= 0.3 is 0 Å². The first kappa shape index (κ1) is 13.4. The molecule has 102 valence electrons. The number of ether oxygens (including phenoxy) is 1. The predicted molar refractivity (Wildman–Crippen MR) is 68.7 cm³/mol. The van der Waals surface area contributed by atoms with Gasteiger partial charge in [-0.1, -0.05) is 0 Å². The molecule has 0 bridgehead atoms. The van der Waals surface area contributed by atoms with Crippen LogP contribution in [0.3, 0.4) is 0 Å². The van der Waals surface area contributed by atoms with Gasteiger partial charge in [0.2, 0.25) is 0 Å². The molecule has 2 rings (SSSR count). The van der Waals surface area contributed by atoms with Crippen molar-refractivity contribution in [1.29, 1.82) is 0 Å². The third-order valence-corrected chi connectivity index (χ3v) is 2.65. The third kappa shape index (κ3) is 3.25. The first-order chi connectivity index (χ1) is 9.22. The zero-order valence-corrected chi connectivity index (χ0v) is 10.7. The first-order valence-corrected chi connectivity index (χ1v) is 6.11. The largest absolute Gasteiger partial charge is 0.396 e. The fourth-order valence-corrected chi connectivity index (χ4v) is 1.69. The summed E-state index contributed by atoms with van der Waals surface area (Å²) in [4.78, 5) is 0. The van der Waals surface area contributed by atoms with Crippen molar-refractivity contribution >= 4 is 5.69 Å².